The van der Waals surface area contributed by atoms with Crippen LogP contribution in [0.15, 0.2) is 52.0 Å². The van der Waals surface area contributed by atoms with Crippen molar-refractivity contribution in [3.63, 3.8) is 0 Å². The Balaban J connectivity index is 1.39. The molecule has 9 heteroatoms. The number of aliphatic imine (C=N–C) groups is 1. The zero-order valence-corrected chi connectivity index (χ0v) is 23.4. The first-order chi connectivity index (χ1) is 18.8. The van der Waals surface area contributed by atoms with Gasteiger partial charge >= 0.3 is 0 Å². The van der Waals surface area contributed by atoms with Gasteiger partial charge in [-0.1, -0.05) is 17.7 Å². The van der Waals surface area contributed by atoms with Crippen LogP contribution in [0.5, 0.6) is 0 Å². The number of hydrogen-bond acceptors (Lipinski definition) is 7. The maximum absolute atomic E-state index is 13.7. The quantitative estimate of drug-likeness (QED) is 0.482. The number of piperidine rings is 1. The highest BCUT2D eigenvalue weighted by Gasteiger charge is 2.38. The van der Waals surface area contributed by atoms with Crippen LogP contribution in [0.2, 0.25) is 0 Å². The molecule has 1 aliphatic carbocycles. The van der Waals surface area contributed by atoms with Crippen molar-refractivity contribution < 1.29 is 18.3 Å². The molecule has 0 bridgehead atoms. The number of anilines is 1. The smallest absolute Gasteiger partial charge is 0.251 e. The van der Waals surface area contributed by atoms with Gasteiger partial charge in [0.15, 0.2) is 9.84 Å². The van der Waals surface area contributed by atoms with Crippen LogP contribution < -0.4 is 10.6 Å². The summed E-state index contributed by atoms with van der Waals surface area (Å²) >= 11 is 0. The van der Waals surface area contributed by atoms with Crippen molar-refractivity contribution >= 4 is 27.3 Å². The molecule has 8 nitrogen and oxygen atoms in total. The van der Waals surface area contributed by atoms with Crippen molar-refractivity contribution in [1.29, 1.82) is 0 Å². The fourth-order valence-electron chi connectivity index (χ4n) is 6.14. The molecule has 1 saturated carbocycles. The third kappa shape index (κ3) is 4.92. The van der Waals surface area contributed by atoms with Crippen molar-refractivity contribution in [2.24, 2.45) is 4.99 Å². The molecule has 1 saturated heterocycles. The Labute approximate surface area is 230 Å². The number of β-amino-alcohol motifs (C(OH)–C–C–N with tert-alkyl or cyclic N) is 1. The molecule has 39 heavy (non-hydrogen) atoms. The van der Waals surface area contributed by atoms with Crippen LogP contribution in [-0.4, -0.2) is 67.7 Å². The lowest BCUT2D eigenvalue weighted by Gasteiger charge is -2.32. The number of aliphatic hydroxyl groups is 1. The van der Waals surface area contributed by atoms with Crippen LogP contribution in [0.25, 0.3) is 11.1 Å². The van der Waals surface area contributed by atoms with Gasteiger partial charge in [0.2, 0.25) is 0 Å². The standard InChI is InChI=1S/C30H36N4O4S/c1-18-14-26-27-25(20-4-3-5-23(15-20)39(37,38)22-6-7-22)16-24(19(2)28(27)33-29(26)31-17-18)30(36)32-21-8-10-34(11-9-21)12-13-35/h3-5,15-17,21-22,26,35H,6-14H2,1-2H3,(H,31,33)(H,32,36). The lowest BCUT2D eigenvalue weighted by Crippen LogP contribution is -2.45. The van der Waals surface area contributed by atoms with Crippen LogP contribution in [0.1, 0.15) is 66.4 Å². The number of allylic oxidation sites excluding steroid dienone is 1. The second-order valence-corrected chi connectivity index (χ2v) is 13.6. The molecule has 3 N–H and O–H groups in total. The maximum Gasteiger partial charge on any atom is 0.251 e. The van der Waals surface area contributed by atoms with Gasteiger partial charge in [-0.05, 0) is 86.4 Å². The number of nitrogens with one attached hydrogen (secondary N) is 2. The number of carbonyl (C=O) groups is 1. The van der Waals surface area contributed by atoms with Crippen LogP contribution in [0.3, 0.4) is 0 Å². The molecule has 1 unspecified atom stereocenters. The second-order valence-electron chi connectivity index (χ2n) is 11.3. The van der Waals surface area contributed by atoms with Crippen molar-refractivity contribution in [1.82, 2.24) is 10.2 Å². The summed E-state index contributed by atoms with van der Waals surface area (Å²) in [6, 6.07) is 9.22. The number of rotatable bonds is 7. The number of amidine groups is 1. The highest BCUT2D eigenvalue weighted by atomic mass is 32.2. The summed E-state index contributed by atoms with van der Waals surface area (Å²) in [7, 11) is -3.35. The topological polar surface area (TPSA) is 111 Å². The van der Waals surface area contributed by atoms with Crippen molar-refractivity contribution in [3.8, 4) is 11.1 Å². The molecule has 1 atom stereocenters. The van der Waals surface area contributed by atoms with Crippen LogP contribution in [0, 0.1) is 6.92 Å². The van der Waals surface area contributed by atoms with Gasteiger partial charge in [-0.3, -0.25) is 4.79 Å². The molecule has 2 aromatic rings. The van der Waals surface area contributed by atoms with Gasteiger partial charge in [-0.15, -0.1) is 0 Å². The molecule has 3 aliphatic heterocycles. The lowest BCUT2D eigenvalue weighted by molar-refractivity contribution is 0.0902. The molecule has 6 rings (SSSR count). The Kier molecular flexibility index (Phi) is 6.85. The van der Waals surface area contributed by atoms with Gasteiger partial charge < -0.3 is 20.6 Å². The van der Waals surface area contributed by atoms with E-state index >= 15 is 0 Å². The summed E-state index contributed by atoms with van der Waals surface area (Å²) in [6.45, 7) is 6.54. The number of sulfone groups is 1. The third-order valence-corrected chi connectivity index (χ3v) is 10.8. The summed E-state index contributed by atoms with van der Waals surface area (Å²) in [5.74, 6) is 0.790. The molecule has 0 spiro atoms. The molecule has 2 aromatic carbocycles. The number of benzene rings is 2. The van der Waals surface area contributed by atoms with E-state index in [0.29, 0.717) is 29.8 Å². The number of fused-ring (bicyclic) bond motifs is 3. The van der Waals surface area contributed by atoms with Crippen molar-refractivity contribution in [3.05, 3.63) is 58.8 Å². The summed E-state index contributed by atoms with van der Waals surface area (Å²) in [5, 5.41) is 15.7. The first-order valence-electron chi connectivity index (χ1n) is 13.9. The van der Waals surface area contributed by atoms with Crippen LogP contribution in [-0.2, 0) is 9.84 Å². The normalized spacial score (nSPS) is 21.5. The van der Waals surface area contributed by atoms with Gasteiger partial charge in [0, 0.05) is 49.0 Å². The minimum Gasteiger partial charge on any atom is -0.395 e. The zero-order chi connectivity index (χ0) is 27.3. The summed E-state index contributed by atoms with van der Waals surface area (Å²) in [6.07, 6.45) is 5.82. The number of likely N-dealkylation sites (tertiary alicyclic amines) is 1. The average Bonchev–Trinajstić information content (AvgIpc) is 3.73. The van der Waals surface area contributed by atoms with Crippen molar-refractivity contribution in [2.75, 3.05) is 31.6 Å². The monoisotopic (exact) mass is 548 g/mol. The minimum atomic E-state index is -3.35. The number of carbonyl (C=O) groups excluding carboxylic acids is 1. The molecular formula is C30H36N4O4S. The predicted molar refractivity (Wildman–Crippen MR) is 153 cm³/mol. The molecule has 2 fully saturated rings. The largest absolute Gasteiger partial charge is 0.395 e. The van der Waals surface area contributed by atoms with E-state index in [-0.39, 0.29) is 29.7 Å². The predicted octanol–water partition coefficient (Wildman–Crippen LogP) is 4.00. The van der Waals surface area contributed by atoms with E-state index in [4.69, 9.17) is 0 Å². The second kappa shape index (κ2) is 10.2. The Bertz CT molecular complexity index is 1480. The number of aliphatic hydroxyl groups excluding tert-OH is 1. The van der Waals surface area contributed by atoms with E-state index in [0.717, 1.165) is 66.1 Å². The SMILES string of the molecule is CC1=CN=C2Nc3c(C)c(C(=O)NC4CCN(CCO)CC4)cc(-c4cccc(S(=O)(=O)C5CC5)c4)c3C2C1. The third-order valence-electron chi connectivity index (χ3n) is 8.53. The highest BCUT2D eigenvalue weighted by Crippen LogP contribution is 2.47. The van der Waals surface area contributed by atoms with E-state index in [1.165, 1.54) is 5.57 Å². The molecular weight excluding hydrogens is 512 g/mol. The Hall–Kier alpha value is -3.01. The Morgan fingerprint density at radius 2 is 1.92 bits per heavy atom. The van der Waals surface area contributed by atoms with Gasteiger partial charge in [0.25, 0.3) is 5.91 Å². The zero-order valence-electron chi connectivity index (χ0n) is 22.5. The molecule has 0 radical (unpaired) electrons. The maximum atomic E-state index is 13.7. The van der Waals surface area contributed by atoms with Gasteiger partial charge in [-0.2, -0.15) is 0 Å². The Morgan fingerprint density at radius 1 is 1.15 bits per heavy atom. The van der Waals surface area contributed by atoms with Gasteiger partial charge in [0.1, 0.15) is 5.84 Å². The highest BCUT2D eigenvalue weighted by molar-refractivity contribution is 7.92. The first-order valence-corrected chi connectivity index (χ1v) is 15.5. The molecule has 1 amide bonds. The summed E-state index contributed by atoms with van der Waals surface area (Å²) in [5.41, 5.74) is 6.31. The minimum absolute atomic E-state index is 0.0374. The van der Waals surface area contributed by atoms with Gasteiger partial charge in [0.05, 0.1) is 16.8 Å². The van der Waals surface area contributed by atoms with Crippen molar-refractivity contribution in [2.45, 2.75) is 68.1 Å². The van der Waals surface area contributed by atoms with E-state index in [2.05, 4.69) is 27.4 Å². The van der Waals surface area contributed by atoms with Crippen LogP contribution >= 0.6 is 0 Å². The van der Waals surface area contributed by atoms with Gasteiger partial charge in [-0.25, -0.2) is 13.4 Å². The molecule has 0 aromatic heterocycles. The number of hydrogen-bond donors (Lipinski definition) is 3. The fraction of sp³-hybridized carbons (Fsp3) is 0.467. The first kappa shape index (κ1) is 26.2. The molecule has 3 heterocycles. The van der Waals surface area contributed by atoms with Crippen LogP contribution in [0.4, 0.5) is 5.69 Å². The van der Waals surface area contributed by atoms with E-state index in [1.807, 2.05) is 25.3 Å². The lowest BCUT2D eigenvalue weighted by atomic mass is 9.84. The summed E-state index contributed by atoms with van der Waals surface area (Å²) in [4.78, 5) is 20.9. The molecule has 206 valence electrons. The summed E-state index contributed by atoms with van der Waals surface area (Å²) < 4.78 is 26.2. The van der Waals surface area contributed by atoms with E-state index in [9.17, 15) is 18.3 Å². The fourth-order valence-corrected chi connectivity index (χ4v) is 7.84. The van der Waals surface area contributed by atoms with E-state index < -0.39 is 9.84 Å². The molecule has 4 aliphatic rings. The number of amides is 1. The Morgan fingerprint density at radius 3 is 2.64 bits per heavy atom. The average molecular weight is 549 g/mol. The van der Waals surface area contributed by atoms with E-state index in [1.54, 1.807) is 18.2 Å². The number of nitrogens with zero attached hydrogens (tertiary/aromatic N) is 2.